The Balaban J connectivity index is 0.00000117. The van der Waals surface area contributed by atoms with Crippen molar-refractivity contribution in [2.75, 3.05) is 0 Å². The molecule has 0 saturated carbocycles. The van der Waals surface area contributed by atoms with Crippen LogP contribution in [0, 0.1) is 11.6 Å². The maximum absolute atomic E-state index is 13.7. The van der Waals surface area contributed by atoms with Crippen LogP contribution in [0.25, 0.3) is 10.2 Å². The highest BCUT2D eigenvalue weighted by Crippen LogP contribution is 2.30. The third-order valence-electron chi connectivity index (χ3n) is 3.98. The van der Waals surface area contributed by atoms with E-state index in [1.165, 1.54) is 23.6 Å². The Morgan fingerprint density at radius 3 is 2.62 bits per heavy atom. The number of nitrogens with zero attached hydrogens (tertiary/aromatic N) is 2. The van der Waals surface area contributed by atoms with Crippen molar-refractivity contribution in [3.63, 3.8) is 0 Å². The summed E-state index contributed by atoms with van der Waals surface area (Å²) in [6, 6.07) is 6.61. The van der Waals surface area contributed by atoms with Gasteiger partial charge >= 0.3 is 0 Å². The maximum atomic E-state index is 13.7. The zero-order valence-electron chi connectivity index (χ0n) is 15.5. The van der Waals surface area contributed by atoms with Crippen molar-refractivity contribution in [3.8, 4) is 0 Å². The summed E-state index contributed by atoms with van der Waals surface area (Å²) in [5.41, 5.74) is 2.70. The molecule has 150 valence electrons. The van der Waals surface area contributed by atoms with Gasteiger partial charge in [0.15, 0.2) is 0 Å². The topological polar surface area (TPSA) is 66.4 Å². The second-order valence-corrected chi connectivity index (χ2v) is 6.99. The summed E-state index contributed by atoms with van der Waals surface area (Å²) in [6.07, 6.45) is 3.01. The minimum Gasteiger partial charge on any atom is -0.376 e. The van der Waals surface area contributed by atoms with Crippen molar-refractivity contribution in [1.29, 1.82) is 0 Å². The molecule has 1 unspecified atom stereocenters. The van der Waals surface area contributed by atoms with E-state index in [9.17, 15) is 13.6 Å². The fraction of sp³-hybridized carbons (Fsp3) is 0.150. The lowest BCUT2D eigenvalue weighted by Gasteiger charge is -2.19. The van der Waals surface area contributed by atoms with E-state index in [4.69, 9.17) is 11.6 Å². The van der Waals surface area contributed by atoms with E-state index >= 15 is 0 Å². The number of aromatic nitrogens is 1. The molecule has 5 nitrogen and oxygen atoms in total. The lowest BCUT2D eigenvalue weighted by atomic mass is 10.1. The standard InChI is InChI=1S/C18H11ClF2N4OS.C2H6/c19-10-5-13-15(27-8-24-13)4-9(10)14-6-23-16(7-22-14)25-18(26)17-11(20)2-1-3-12(17)21;1-2/h1-8,14,22H,(H,25,26);1-2H3. The molecule has 0 saturated heterocycles. The number of rotatable bonds is 3. The zero-order chi connectivity index (χ0) is 21.0. The number of hydrogen-bond donors (Lipinski definition) is 2. The third kappa shape index (κ3) is 4.44. The predicted octanol–water partition coefficient (Wildman–Crippen LogP) is 5.20. The Kier molecular flexibility index (Phi) is 6.56. The smallest absolute Gasteiger partial charge is 0.262 e. The van der Waals surface area contributed by atoms with Crippen LogP contribution in [-0.4, -0.2) is 17.1 Å². The summed E-state index contributed by atoms with van der Waals surface area (Å²) in [6.45, 7) is 4.00. The minimum atomic E-state index is -0.941. The highest BCUT2D eigenvalue weighted by atomic mass is 35.5. The molecular formula is C20H17ClF2N4OS. The van der Waals surface area contributed by atoms with Crippen molar-refractivity contribution in [2.24, 2.45) is 4.99 Å². The zero-order valence-corrected chi connectivity index (χ0v) is 17.1. The second-order valence-electron chi connectivity index (χ2n) is 5.70. The van der Waals surface area contributed by atoms with Gasteiger partial charge in [0, 0.05) is 17.4 Å². The number of nitrogens with one attached hydrogen (secondary N) is 2. The molecule has 0 spiro atoms. The predicted molar refractivity (Wildman–Crippen MR) is 112 cm³/mol. The van der Waals surface area contributed by atoms with Crippen LogP contribution >= 0.6 is 22.9 Å². The first-order chi connectivity index (χ1) is 14.0. The maximum Gasteiger partial charge on any atom is 0.262 e. The van der Waals surface area contributed by atoms with Gasteiger partial charge in [-0.3, -0.25) is 4.79 Å². The Hall–Kier alpha value is -2.84. The molecule has 4 rings (SSSR count). The van der Waals surface area contributed by atoms with E-state index in [-0.39, 0.29) is 11.9 Å². The van der Waals surface area contributed by atoms with E-state index in [1.54, 1.807) is 17.8 Å². The first-order valence-corrected chi connectivity index (χ1v) is 10.1. The summed E-state index contributed by atoms with van der Waals surface area (Å²) < 4.78 is 28.4. The van der Waals surface area contributed by atoms with E-state index < -0.39 is 23.1 Å². The lowest BCUT2D eigenvalue weighted by molar-refractivity contribution is 0.0957. The highest BCUT2D eigenvalue weighted by molar-refractivity contribution is 7.16. The van der Waals surface area contributed by atoms with Crippen LogP contribution < -0.4 is 10.6 Å². The fourth-order valence-electron chi connectivity index (χ4n) is 2.67. The minimum absolute atomic E-state index is 0.133. The van der Waals surface area contributed by atoms with Gasteiger partial charge < -0.3 is 10.6 Å². The van der Waals surface area contributed by atoms with Crippen LogP contribution in [0.2, 0.25) is 5.02 Å². The molecule has 29 heavy (non-hydrogen) atoms. The van der Waals surface area contributed by atoms with Crippen LogP contribution in [0.5, 0.6) is 0 Å². The number of carbonyl (C=O) groups excluding carboxylic acids is 1. The fourth-order valence-corrected chi connectivity index (χ4v) is 3.65. The van der Waals surface area contributed by atoms with Crippen LogP contribution in [0.4, 0.5) is 8.78 Å². The van der Waals surface area contributed by atoms with Gasteiger partial charge in [-0.2, -0.15) is 0 Å². The Morgan fingerprint density at radius 1 is 1.24 bits per heavy atom. The lowest BCUT2D eigenvalue weighted by Crippen LogP contribution is -2.29. The number of hydrogen-bond acceptors (Lipinski definition) is 5. The molecular weight excluding hydrogens is 418 g/mol. The van der Waals surface area contributed by atoms with E-state index in [0.717, 1.165) is 27.9 Å². The molecule has 2 N–H and O–H groups in total. The monoisotopic (exact) mass is 434 g/mol. The number of halogens is 3. The van der Waals surface area contributed by atoms with Gasteiger partial charge in [0.2, 0.25) is 0 Å². The van der Waals surface area contributed by atoms with Gasteiger partial charge in [-0.05, 0) is 29.8 Å². The largest absolute Gasteiger partial charge is 0.376 e. The molecule has 0 fully saturated rings. The second kappa shape index (κ2) is 9.11. The van der Waals surface area contributed by atoms with Crippen LogP contribution in [-0.2, 0) is 0 Å². The summed E-state index contributed by atoms with van der Waals surface area (Å²) >= 11 is 7.82. The van der Waals surface area contributed by atoms with Gasteiger partial charge in [-0.1, -0.05) is 31.5 Å². The van der Waals surface area contributed by atoms with Gasteiger partial charge in [0.05, 0.1) is 21.8 Å². The molecule has 1 aliphatic heterocycles. The summed E-state index contributed by atoms with van der Waals surface area (Å²) in [7, 11) is 0. The third-order valence-corrected chi connectivity index (χ3v) is 5.10. The summed E-state index contributed by atoms with van der Waals surface area (Å²) in [5, 5.41) is 5.96. The van der Waals surface area contributed by atoms with Gasteiger partial charge in [0.1, 0.15) is 23.0 Å². The molecule has 2 aromatic carbocycles. The molecule has 1 atom stereocenters. The average Bonchev–Trinajstić information content (AvgIpc) is 3.16. The van der Waals surface area contributed by atoms with Crippen LogP contribution in [0.15, 0.2) is 52.9 Å². The van der Waals surface area contributed by atoms with Crippen LogP contribution in [0.3, 0.4) is 0 Å². The van der Waals surface area contributed by atoms with Crippen molar-refractivity contribution >= 4 is 45.3 Å². The Morgan fingerprint density at radius 2 is 1.97 bits per heavy atom. The van der Waals surface area contributed by atoms with Crippen molar-refractivity contribution < 1.29 is 13.6 Å². The number of thiazole rings is 1. The molecule has 1 aromatic heterocycles. The normalized spacial score (nSPS) is 15.2. The Labute approximate surface area is 175 Å². The average molecular weight is 435 g/mol. The van der Waals surface area contributed by atoms with E-state index in [2.05, 4.69) is 20.6 Å². The van der Waals surface area contributed by atoms with Crippen molar-refractivity contribution in [3.05, 3.63) is 75.6 Å². The van der Waals surface area contributed by atoms with Gasteiger partial charge in [-0.25, -0.2) is 18.8 Å². The first kappa shape index (κ1) is 20.9. The molecule has 9 heteroatoms. The van der Waals surface area contributed by atoms with Gasteiger partial charge in [0.25, 0.3) is 5.91 Å². The summed E-state index contributed by atoms with van der Waals surface area (Å²) in [5.74, 6) is -2.67. The molecule has 0 radical (unpaired) electrons. The first-order valence-electron chi connectivity index (χ1n) is 8.81. The van der Waals surface area contributed by atoms with E-state index in [1.807, 2.05) is 19.9 Å². The summed E-state index contributed by atoms with van der Waals surface area (Å²) in [4.78, 5) is 20.5. The number of carbonyl (C=O) groups is 1. The van der Waals surface area contributed by atoms with Gasteiger partial charge in [-0.15, -0.1) is 11.3 Å². The van der Waals surface area contributed by atoms with Crippen LogP contribution in [0.1, 0.15) is 35.8 Å². The highest BCUT2D eigenvalue weighted by Gasteiger charge is 2.20. The number of aliphatic imine (C=N–C) groups is 1. The molecule has 0 bridgehead atoms. The number of benzene rings is 2. The number of amides is 1. The van der Waals surface area contributed by atoms with Crippen molar-refractivity contribution in [1.82, 2.24) is 15.6 Å². The molecule has 1 aliphatic rings. The Bertz CT molecular complexity index is 1090. The number of fused-ring (bicyclic) bond motifs is 1. The van der Waals surface area contributed by atoms with Crippen molar-refractivity contribution in [2.45, 2.75) is 19.9 Å². The van der Waals surface area contributed by atoms with E-state index in [0.29, 0.717) is 5.02 Å². The SMILES string of the molecule is CC.O=C(NC1=CNC(c2cc3scnc3cc2Cl)C=N1)c1c(F)cccc1F. The molecule has 0 aliphatic carbocycles. The molecule has 3 aromatic rings. The molecule has 2 heterocycles. The quantitative estimate of drug-likeness (QED) is 0.595. The molecule has 1 amide bonds.